The lowest BCUT2D eigenvalue weighted by atomic mass is 9.65. The summed E-state index contributed by atoms with van der Waals surface area (Å²) in [5.74, 6) is 2.76. The Bertz CT molecular complexity index is 2780. The molecule has 5 aromatic carbocycles. The third kappa shape index (κ3) is 7.61. The predicted octanol–water partition coefficient (Wildman–Crippen LogP) is 8.46. The molecule has 13 heteroatoms. The predicted molar refractivity (Wildman–Crippen MR) is 240 cm³/mol. The number of nitro benzene ring substituents is 1. The number of imide groups is 1. The topological polar surface area (TPSA) is 169 Å². The van der Waals surface area contributed by atoms with Crippen LogP contribution in [0.2, 0.25) is 0 Å². The first-order chi connectivity index (χ1) is 31.6. The van der Waals surface area contributed by atoms with Gasteiger partial charge in [0.2, 0.25) is 11.8 Å². The zero-order valence-corrected chi connectivity index (χ0v) is 35.2. The lowest BCUT2D eigenvalue weighted by molar-refractivity contribution is -0.384. The van der Waals surface area contributed by atoms with Gasteiger partial charge in [-0.3, -0.25) is 29.4 Å². The monoisotopic (exact) mass is 868 g/mol. The molecule has 1 spiro atoms. The fraction of sp³-hybridized carbons (Fsp3) is 0.231. The number of morpholine rings is 1. The first-order valence-corrected chi connectivity index (χ1v) is 21.5. The molecule has 65 heavy (non-hydrogen) atoms. The van der Waals surface area contributed by atoms with Crippen LogP contribution in [0.5, 0.6) is 5.75 Å². The number of nitrogens with one attached hydrogen (secondary N) is 1. The molecule has 3 aliphatic heterocycles. The number of rotatable bonds is 9. The third-order valence-corrected chi connectivity index (χ3v) is 12.7. The van der Waals surface area contributed by atoms with Gasteiger partial charge in [-0.05, 0) is 102 Å². The molecule has 3 amide bonds. The van der Waals surface area contributed by atoms with Crippen molar-refractivity contribution in [3.63, 3.8) is 0 Å². The molecule has 0 unspecified atom stereocenters. The number of hydrogen-bond acceptors (Lipinski definition) is 10. The fourth-order valence-electron chi connectivity index (χ4n) is 9.93. The van der Waals surface area contributed by atoms with E-state index in [2.05, 4.69) is 29.8 Å². The zero-order valence-electron chi connectivity index (χ0n) is 35.2. The van der Waals surface area contributed by atoms with E-state index in [1.54, 1.807) is 30.3 Å². The van der Waals surface area contributed by atoms with Crippen molar-refractivity contribution in [2.24, 2.45) is 5.92 Å². The van der Waals surface area contributed by atoms with Gasteiger partial charge in [-0.1, -0.05) is 96.8 Å². The lowest BCUT2D eigenvalue weighted by Gasteiger charge is -2.46. The molecule has 13 nitrogen and oxygen atoms in total. The van der Waals surface area contributed by atoms with Crippen molar-refractivity contribution < 1.29 is 38.7 Å². The van der Waals surface area contributed by atoms with Gasteiger partial charge >= 0.3 is 12.1 Å². The van der Waals surface area contributed by atoms with Crippen molar-refractivity contribution in [2.45, 2.75) is 61.9 Å². The van der Waals surface area contributed by atoms with Crippen molar-refractivity contribution >= 4 is 35.3 Å². The number of carbonyl (C=O) groups excluding carboxylic acids is 4. The number of non-ortho nitro benzene ring substituents is 1. The molecule has 6 atom stereocenters. The molecule has 4 aliphatic rings. The van der Waals surface area contributed by atoms with Crippen LogP contribution in [-0.4, -0.2) is 51.4 Å². The molecule has 0 radical (unpaired) electrons. The number of hydrogen-bond donors (Lipinski definition) is 2. The standard InChI is InChI=1S/C52H44N4O9/c1-2-30-53-48(58)43-45-49(59)65-46(37-16-10-5-11-17-37)44(36-14-8-4-9-15-36)55(45)47(38-23-27-40(57)28-24-38)52(43)41-31-34(19-18-33-12-6-3-7-13-33)22-29-42(41)54(50(52)60)51(61)64-32-35-20-25-39(26-21-35)56(62)63/h2,4-5,8-12,14-17,20-29,31,43-47,57H,1,3,6-7,13,30,32H2,(H,53,58)/t43-,44-,45-,46+,47+,52-/m0/s1. The summed E-state index contributed by atoms with van der Waals surface area (Å²) >= 11 is 0. The number of aromatic hydroxyl groups is 1. The minimum absolute atomic E-state index is 0.00548. The summed E-state index contributed by atoms with van der Waals surface area (Å²) in [5, 5.41) is 24.9. The number of ether oxygens (including phenoxy) is 2. The maximum Gasteiger partial charge on any atom is 0.421 e. The first-order valence-electron chi connectivity index (χ1n) is 21.5. The van der Waals surface area contributed by atoms with Crippen LogP contribution in [0.1, 0.15) is 77.3 Å². The highest BCUT2D eigenvalue weighted by molar-refractivity contribution is 6.23. The molecule has 2 fully saturated rings. The van der Waals surface area contributed by atoms with Crippen LogP contribution in [0.15, 0.2) is 152 Å². The average Bonchev–Trinajstić information content (AvgIpc) is 3.79. The normalized spacial score (nSPS) is 23.3. The summed E-state index contributed by atoms with van der Waals surface area (Å²) in [6.07, 6.45) is 5.44. The Morgan fingerprint density at radius 3 is 2.26 bits per heavy atom. The number of anilines is 1. The molecule has 2 N–H and O–H groups in total. The molecule has 9 rings (SSSR count). The Labute approximate surface area is 375 Å². The van der Waals surface area contributed by atoms with E-state index in [1.807, 2.05) is 65.6 Å². The summed E-state index contributed by atoms with van der Waals surface area (Å²) in [6.45, 7) is 3.45. The number of cyclic esters (lactones) is 1. The second-order valence-electron chi connectivity index (χ2n) is 16.5. The van der Waals surface area contributed by atoms with Crippen LogP contribution in [0.4, 0.5) is 16.2 Å². The van der Waals surface area contributed by atoms with Gasteiger partial charge in [-0.25, -0.2) is 9.69 Å². The summed E-state index contributed by atoms with van der Waals surface area (Å²) in [7, 11) is 0. The Balaban J connectivity index is 1.30. The van der Waals surface area contributed by atoms with E-state index < -0.39 is 64.4 Å². The van der Waals surface area contributed by atoms with Crippen LogP contribution in [0.3, 0.4) is 0 Å². The van der Waals surface area contributed by atoms with Crippen LogP contribution < -0.4 is 10.2 Å². The molecule has 326 valence electrons. The highest BCUT2D eigenvalue weighted by Gasteiger charge is 2.75. The number of carbonyl (C=O) groups is 4. The van der Waals surface area contributed by atoms with Gasteiger partial charge in [0.1, 0.15) is 29.9 Å². The van der Waals surface area contributed by atoms with Crippen LogP contribution >= 0.6 is 0 Å². The molecular weight excluding hydrogens is 825 g/mol. The molecule has 0 aromatic heterocycles. The van der Waals surface area contributed by atoms with Gasteiger partial charge in [0, 0.05) is 24.2 Å². The fourth-order valence-corrected chi connectivity index (χ4v) is 9.93. The van der Waals surface area contributed by atoms with Gasteiger partial charge in [-0.2, -0.15) is 0 Å². The van der Waals surface area contributed by atoms with Crippen LogP contribution in [-0.2, 0) is 35.9 Å². The smallest absolute Gasteiger partial charge is 0.421 e. The second-order valence-corrected chi connectivity index (χ2v) is 16.5. The van der Waals surface area contributed by atoms with Gasteiger partial charge in [0.15, 0.2) is 0 Å². The number of fused-ring (bicyclic) bond motifs is 3. The Morgan fingerprint density at radius 1 is 0.892 bits per heavy atom. The summed E-state index contributed by atoms with van der Waals surface area (Å²) in [6, 6.07) is 32.1. The van der Waals surface area contributed by atoms with Gasteiger partial charge in [-0.15, -0.1) is 6.58 Å². The highest BCUT2D eigenvalue weighted by Crippen LogP contribution is 2.66. The molecule has 0 saturated carbocycles. The zero-order chi connectivity index (χ0) is 45.2. The van der Waals surface area contributed by atoms with E-state index in [0.29, 0.717) is 22.3 Å². The van der Waals surface area contributed by atoms with Gasteiger partial charge in [0.05, 0.1) is 28.6 Å². The summed E-state index contributed by atoms with van der Waals surface area (Å²) in [4.78, 5) is 74.8. The molecule has 1 aliphatic carbocycles. The number of phenolic OH excluding ortho intramolecular Hbond substituents is 1. The van der Waals surface area contributed by atoms with Crippen molar-refractivity contribution in [3.05, 3.63) is 195 Å². The van der Waals surface area contributed by atoms with E-state index in [9.17, 15) is 20.0 Å². The van der Waals surface area contributed by atoms with Crippen molar-refractivity contribution in [2.75, 3.05) is 11.4 Å². The number of nitro groups is 1. The quantitative estimate of drug-likeness (QED) is 0.0482. The molecular formula is C52H44N4O9. The van der Waals surface area contributed by atoms with Gasteiger partial charge < -0.3 is 19.9 Å². The average molecular weight is 869 g/mol. The van der Waals surface area contributed by atoms with E-state index in [1.165, 1.54) is 42.5 Å². The number of amides is 3. The molecule has 3 heterocycles. The van der Waals surface area contributed by atoms with E-state index >= 15 is 14.4 Å². The minimum atomic E-state index is -2.05. The maximum atomic E-state index is 16.2. The maximum absolute atomic E-state index is 16.2. The number of phenols is 1. The highest BCUT2D eigenvalue weighted by atomic mass is 16.6. The van der Waals surface area contributed by atoms with Gasteiger partial charge in [0.25, 0.3) is 5.69 Å². The van der Waals surface area contributed by atoms with Crippen molar-refractivity contribution in [3.8, 4) is 17.6 Å². The second kappa shape index (κ2) is 17.7. The van der Waals surface area contributed by atoms with E-state index in [-0.39, 0.29) is 35.8 Å². The number of benzene rings is 5. The number of nitrogens with zero attached hydrogens (tertiary/aromatic N) is 3. The minimum Gasteiger partial charge on any atom is -0.508 e. The number of esters is 1. The lowest BCUT2D eigenvalue weighted by Crippen LogP contribution is -2.55. The Kier molecular flexibility index (Phi) is 11.6. The van der Waals surface area contributed by atoms with Crippen molar-refractivity contribution in [1.82, 2.24) is 10.2 Å². The largest absolute Gasteiger partial charge is 0.508 e. The van der Waals surface area contributed by atoms with E-state index in [4.69, 9.17) is 9.47 Å². The molecule has 0 bridgehead atoms. The Hall–Kier alpha value is -7.82. The third-order valence-electron chi connectivity index (χ3n) is 12.7. The van der Waals surface area contributed by atoms with E-state index in [0.717, 1.165) is 41.7 Å². The van der Waals surface area contributed by atoms with Crippen molar-refractivity contribution in [1.29, 1.82) is 0 Å². The first kappa shape index (κ1) is 42.5. The Morgan fingerprint density at radius 2 is 1.60 bits per heavy atom. The summed E-state index contributed by atoms with van der Waals surface area (Å²) < 4.78 is 12.3. The molecule has 2 saturated heterocycles. The van der Waals surface area contributed by atoms with Crippen LogP contribution in [0, 0.1) is 27.9 Å². The number of allylic oxidation sites excluding steroid dienone is 2. The van der Waals surface area contributed by atoms with Crippen LogP contribution in [0.25, 0.3) is 0 Å². The SMILES string of the molecule is C=CCNC(=O)[C@@H]1[C@H]2C(=O)O[C@H](c3ccccc3)[C@H](c3ccccc3)N2[C@H](c2ccc(O)cc2)[C@@]12C(=O)N(C(=O)OCc1ccc([N+](=O)[O-])cc1)c1ccc(C#CC3=CCCCC3)cc12. The summed E-state index contributed by atoms with van der Waals surface area (Å²) in [5.41, 5.74) is 1.99. The molecule has 5 aromatic rings.